The summed E-state index contributed by atoms with van der Waals surface area (Å²) >= 11 is 0. The molecule has 2 bridgehead atoms. The predicted molar refractivity (Wildman–Crippen MR) is 47.0 cm³/mol. The molecule has 0 heterocycles. The summed E-state index contributed by atoms with van der Waals surface area (Å²) in [5.74, 6) is 3.01. The molecule has 62 valence electrons. The van der Waals surface area contributed by atoms with Gasteiger partial charge in [-0.1, -0.05) is 26.0 Å². The van der Waals surface area contributed by atoms with Crippen molar-refractivity contribution < 1.29 is 0 Å². The Kier molecular flexibility index (Phi) is 1.57. The highest BCUT2D eigenvalue weighted by Gasteiger charge is 2.43. The van der Waals surface area contributed by atoms with Crippen molar-refractivity contribution in [3.63, 3.8) is 0 Å². The highest BCUT2D eigenvalue weighted by molar-refractivity contribution is 5.15. The second-order valence-electron chi connectivity index (χ2n) is 4.35. The number of fused-ring (bicyclic) bond motifs is 2. The Morgan fingerprint density at radius 3 is 2.27 bits per heavy atom. The zero-order valence-corrected chi connectivity index (χ0v) is 7.33. The van der Waals surface area contributed by atoms with E-state index in [1.807, 2.05) is 0 Å². The Bertz CT molecular complexity index is 183. The third kappa shape index (κ3) is 0.943. The molecular weight excluding hydrogens is 134 g/mol. The van der Waals surface area contributed by atoms with Gasteiger partial charge in [-0.3, -0.25) is 0 Å². The fourth-order valence-electron chi connectivity index (χ4n) is 2.84. The van der Waals surface area contributed by atoms with Gasteiger partial charge in [-0.15, -0.1) is 0 Å². The van der Waals surface area contributed by atoms with Gasteiger partial charge >= 0.3 is 0 Å². The van der Waals surface area contributed by atoms with Crippen molar-refractivity contribution in [1.82, 2.24) is 0 Å². The minimum Gasteiger partial charge on any atom is -0.327 e. The van der Waals surface area contributed by atoms with Crippen LogP contribution in [-0.4, -0.2) is 6.04 Å². The molecule has 4 atom stereocenters. The van der Waals surface area contributed by atoms with E-state index >= 15 is 0 Å². The van der Waals surface area contributed by atoms with E-state index in [2.05, 4.69) is 26.0 Å². The lowest BCUT2D eigenvalue weighted by Gasteiger charge is -2.27. The monoisotopic (exact) mass is 151 g/mol. The molecule has 0 aromatic heterocycles. The molecule has 0 spiro atoms. The van der Waals surface area contributed by atoms with Gasteiger partial charge in [0.15, 0.2) is 0 Å². The summed E-state index contributed by atoms with van der Waals surface area (Å²) in [5.41, 5.74) is 6.11. The number of nitrogens with two attached hydrogens (primary N) is 1. The summed E-state index contributed by atoms with van der Waals surface area (Å²) in [5, 5.41) is 0. The van der Waals surface area contributed by atoms with E-state index in [1.54, 1.807) is 0 Å². The van der Waals surface area contributed by atoms with Crippen LogP contribution in [0.25, 0.3) is 0 Å². The van der Waals surface area contributed by atoms with Gasteiger partial charge in [0.2, 0.25) is 0 Å². The molecule has 0 saturated heterocycles. The fourth-order valence-corrected chi connectivity index (χ4v) is 2.84. The molecule has 0 radical (unpaired) electrons. The Morgan fingerprint density at radius 1 is 1.27 bits per heavy atom. The van der Waals surface area contributed by atoms with E-state index in [9.17, 15) is 0 Å². The topological polar surface area (TPSA) is 26.0 Å². The Labute approximate surface area is 68.7 Å². The molecule has 0 amide bonds. The Hall–Kier alpha value is -0.300. The number of allylic oxidation sites excluding steroid dienone is 1. The molecule has 2 rings (SSSR count). The molecule has 2 N–H and O–H groups in total. The summed E-state index contributed by atoms with van der Waals surface area (Å²) in [6, 6.07) is 0.449. The molecule has 11 heavy (non-hydrogen) atoms. The summed E-state index contributed by atoms with van der Waals surface area (Å²) < 4.78 is 0. The van der Waals surface area contributed by atoms with Gasteiger partial charge in [-0.2, -0.15) is 0 Å². The van der Waals surface area contributed by atoms with Gasteiger partial charge < -0.3 is 5.73 Å². The van der Waals surface area contributed by atoms with Gasteiger partial charge in [0.1, 0.15) is 0 Å². The van der Waals surface area contributed by atoms with Crippen LogP contribution in [0.2, 0.25) is 0 Å². The maximum Gasteiger partial charge on any atom is 0.0139 e. The van der Waals surface area contributed by atoms with Crippen LogP contribution in [0.15, 0.2) is 12.2 Å². The number of hydrogen-bond acceptors (Lipinski definition) is 1. The molecule has 1 fully saturated rings. The highest BCUT2D eigenvalue weighted by Crippen LogP contribution is 2.45. The van der Waals surface area contributed by atoms with E-state index in [0.717, 1.165) is 17.8 Å². The van der Waals surface area contributed by atoms with Crippen LogP contribution in [0.1, 0.15) is 20.3 Å². The summed E-state index contributed by atoms with van der Waals surface area (Å²) in [6.45, 7) is 4.58. The van der Waals surface area contributed by atoms with Gasteiger partial charge in [-0.05, 0) is 30.1 Å². The first kappa shape index (κ1) is 7.35. The van der Waals surface area contributed by atoms with Gasteiger partial charge in [0.05, 0.1) is 0 Å². The first-order valence-corrected chi connectivity index (χ1v) is 4.64. The molecular formula is C10H17N. The molecule has 0 aromatic carbocycles. The van der Waals surface area contributed by atoms with Crippen LogP contribution < -0.4 is 5.73 Å². The van der Waals surface area contributed by atoms with Crippen molar-refractivity contribution in [2.75, 3.05) is 0 Å². The summed E-state index contributed by atoms with van der Waals surface area (Å²) in [7, 11) is 0. The van der Waals surface area contributed by atoms with Crippen LogP contribution in [0.4, 0.5) is 0 Å². The van der Waals surface area contributed by atoms with Crippen molar-refractivity contribution in [3.8, 4) is 0 Å². The van der Waals surface area contributed by atoms with Crippen molar-refractivity contribution >= 4 is 0 Å². The van der Waals surface area contributed by atoms with E-state index in [-0.39, 0.29) is 0 Å². The molecule has 1 saturated carbocycles. The normalized spacial score (nSPS) is 47.6. The maximum atomic E-state index is 6.11. The Morgan fingerprint density at radius 2 is 1.91 bits per heavy atom. The first-order chi connectivity index (χ1) is 5.20. The van der Waals surface area contributed by atoms with E-state index < -0.39 is 0 Å². The first-order valence-electron chi connectivity index (χ1n) is 4.64. The molecule has 2 aliphatic carbocycles. The molecule has 1 heteroatoms. The lowest BCUT2D eigenvalue weighted by atomic mass is 9.81. The third-order valence-corrected chi connectivity index (χ3v) is 3.35. The molecule has 3 unspecified atom stereocenters. The van der Waals surface area contributed by atoms with Gasteiger partial charge in [-0.25, -0.2) is 0 Å². The standard InChI is InChI=1S/C10H17N/c1-6(2)9-7-3-4-8(5-7)10(9)11/h3-4,6-10H,5,11H2,1-2H3/t7?,8?,9-,10?/m1/s1. The second-order valence-corrected chi connectivity index (χ2v) is 4.35. The van der Waals surface area contributed by atoms with Crippen molar-refractivity contribution in [2.24, 2.45) is 29.4 Å². The fraction of sp³-hybridized carbons (Fsp3) is 0.800. The number of rotatable bonds is 1. The van der Waals surface area contributed by atoms with Crippen molar-refractivity contribution in [3.05, 3.63) is 12.2 Å². The van der Waals surface area contributed by atoms with Gasteiger partial charge in [0, 0.05) is 6.04 Å². The smallest absolute Gasteiger partial charge is 0.0139 e. The lowest BCUT2D eigenvalue weighted by molar-refractivity contribution is 0.294. The number of hydrogen-bond donors (Lipinski definition) is 1. The molecule has 1 nitrogen and oxygen atoms in total. The quantitative estimate of drug-likeness (QED) is 0.568. The van der Waals surface area contributed by atoms with Crippen molar-refractivity contribution in [2.45, 2.75) is 26.3 Å². The van der Waals surface area contributed by atoms with Crippen LogP contribution in [-0.2, 0) is 0 Å². The average molecular weight is 151 g/mol. The molecule has 2 aliphatic rings. The second kappa shape index (κ2) is 2.34. The highest BCUT2D eigenvalue weighted by atomic mass is 14.7. The van der Waals surface area contributed by atoms with Gasteiger partial charge in [0.25, 0.3) is 0 Å². The SMILES string of the molecule is CC(C)[C@@H]1C2C=CC(C2)C1N. The van der Waals surface area contributed by atoms with E-state index in [1.165, 1.54) is 6.42 Å². The van der Waals surface area contributed by atoms with E-state index in [4.69, 9.17) is 5.73 Å². The lowest BCUT2D eigenvalue weighted by Crippen LogP contribution is -2.36. The predicted octanol–water partition coefficient (Wildman–Crippen LogP) is 1.79. The van der Waals surface area contributed by atoms with Crippen LogP contribution >= 0.6 is 0 Å². The van der Waals surface area contributed by atoms with Crippen LogP contribution in [0.5, 0.6) is 0 Å². The maximum absolute atomic E-state index is 6.11. The molecule has 0 aliphatic heterocycles. The summed E-state index contributed by atoms with van der Waals surface area (Å²) in [4.78, 5) is 0. The average Bonchev–Trinajstić information content (AvgIpc) is 2.44. The summed E-state index contributed by atoms with van der Waals surface area (Å²) in [6.07, 6.45) is 6.01. The van der Waals surface area contributed by atoms with Crippen LogP contribution in [0.3, 0.4) is 0 Å². The molecule has 0 aromatic rings. The van der Waals surface area contributed by atoms with Crippen molar-refractivity contribution in [1.29, 1.82) is 0 Å². The van der Waals surface area contributed by atoms with Crippen LogP contribution in [0, 0.1) is 23.7 Å². The van der Waals surface area contributed by atoms with E-state index in [0.29, 0.717) is 12.0 Å². The zero-order chi connectivity index (χ0) is 8.01. The Balaban J connectivity index is 2.18. The third-order valence-electron chi connectivity index (χ3n) is 3.35. The largest absolute Gasteiger partial charge is 0.327 e. The minimum atomic E-state index is 0.449. The zero-order valence-electron chi connectivity index (χ0n) is 7.33. The minimum absolute atomic E-state index is 0.449.